The minimum absolute atomic E-state index is 0.248. The van der Waals surface area contributed by atoms with Crippen molar-refractivity contribution in [1.29, 1.82) is 0 Å². The molecule has 1 atom stereocenters. The molecular weight excluding hydrogens is 212 g/mol. The smallest absolute Gasteiger partial charge is 0.240 e. The fourth-order valence-corrected chi connectivity index (χ4v) is 3.28. The van der Waals surface area contributed by atoms with Crippen LogP contribution in [0.25, 0.3) is 0 Å². The first-order valence-electron chi connectivity index (χ1n) is 7.31. The third-order valence-corrected chi connectivity index (χ3v) is 4.84. The normalized spacial score (nSPS) is 33.1. The standard InChI is InChI=1S/C14H24N2O/c1-2-14(8-3-9-15-14)13(17)16-12(10-4-5-10)11-6-7-11/h10-12,15H,2-9H2,1H3,(H,16,17). The van der Waals surface area contributed by atoms with E-state index in [4.69, 9.17) is 0 Å². The van der Waals surface area contributed by atoms with Gasteiger partial charge in [0.05, 0.1) is 5.54 Å². The lowest BCUT2D eigenvalue weighted by Crippen LogP contribution is -2.56. The van der Waals surface area contributed by atoms with Gasteiger partial charge < -0.3 is 10.6 Å². The molecular formula is C14H24N2O. The molecule has 1 heterocycles. The summed E-state index contributed by atoms with van der Waals surface area (Å²) in [4.78, 5) is 12.5. The molecule has 2 N–H and O–H groups in total. The lowest BCUT2D eigenvalue weighted by atomic mass is 9.92. The first kappa shape index (κ1) is 11.5. The van der Waals surface area contributed by atoms with Gasteiger partial charge in [-0.25, -0.2) is 0 Å². The van der Waals surface area contributed by atoms with Crippen LogP contribution in [-0.2, 0) is 4.79 Å². The molecule has 0 aromatic rings. The first-order valence-corrected chi connectivity index (χ1v) is 7.31. The summed E-state index contributed by atoms with van der Waals surface area (Å²) >= 11 is 0. The number of hydrogen-bond donors (Lipinski definition) is 2. The van der Waals surface area contributed by atoms with Gasteiger partial charge in [0.2, 0.25) is 5.91 Å². The number of carbonyl (C=O) groups excluding carboxylic acids is 1. The van der Waals surface area contributed by atoms with E-state index in [-0.39, 0.29) is 11.4 Å². The van der Waals surface area contributed by atoms with Crippen molar-refractivity contribution in [2.75, 3.05) is 6.54 Å². The molecule has 1 aliphatic heterocycles. The van der Waals surface area contributed by atoms with Crippen molar-refractivity contribution in [3.63, 3.8) is 0 Å². The van der Waals surface area contributed by atoms with Gasteiger partial charge in [0, 0.05) is 6.04 Å². The molecule has 1 amide bonds. The molecule has 3 fully saturated rings. The summed E-state index contributed by atoms with van der Waals surface area (Å²) in [6.07, 6.45) is 8.38. The molecule has 0 spiro atoms. The van der Waals surface area contributed by atoms with Gasteiger partial charge in [0.25, 0.3) is 0 Å². The maximum Gasteiger partial charge on any atom is 0.240 e. The molecule has 0 aromatic heterocycles. The van der Waals surface area contributed by atoms with Crippen molar-refractivity contribution in [3.05, 3.63) is 0 Å². The first-order chi connectivity index (χ1) is 8.25. The predicted molar refractivity (Wildman–Crippen MR) is 67.6 cm³/mol. The third-order valence-electron chi connectivity index (χ3n) is 4.84. The van der Waals surface area contributed by atoms with Gasteiger partial charge >= 0.3 is 0 Å². The van der Waals surface area contributed by atoms with Crippen LogP contribution in [0.1, 0.15) is 51.9 Å². The van der Waals surface area contributed by atoms with Gasteiger partial charge in [-0.3, -0.25) is 4.79 Å². The fourth-order valence-electron chi connectivity index (χ4n) is 3.28. The molecule has 3 rings (SSSR count). The largest absolute Gasteiger partial charge is 0.351 e. The molecule has 3 aliphatic rings. The van der Waals surface area contributed by atoms with Crippen LogP contribution in [0.3, 0.4) is 0 Å². The Labute approximate surface area is 104 Å². The van der Waals surface area contributed by atoms with Crippen LogP contribution in [0.15, 0.2) is 0 Å². The van der Waals surface area contributed by atoms with Crippen LogP contribution in [0.5, 0.6) is 0 Å². The predicted octanol–water partition coefficient (Wildman–Crippen LogP) is 1.82. The van der Waals surface area contributed by atoms with Gasteiger partial charge in [-0.15, -0.1) is 0 Å². The molecule has 0 bridgehead atoms. The van der Waals surface area contributed by atoms with Gasteiger partial charge in [-0.2, -0.15) is 0 Å². The maximum atomic E-state index is 12.5. The van der Waals surface area contributed by atoms with Crippen LogP contribution >= 0.6 is 0 Å². The average molecular weight is 236 g/mol. The van der Waals surface area contributed by atoms with E-state index in [2.05, 4.69) is 17.6 Å². The Morgan fingerprint density at radius 3 is 2.41 bits per heavy atom. The van der Waals surface area contributed by atoms with Crippen LogP contribution in [0.4, 0.5) is 0 Å². The Bertz CT molecular complexity index is 289. The Kier molecular flexibility index (Phi) is 2.89. The Morgan fingerprint density at radius 1 is 1.35 bits per heavy atom. The summed E-state index contributed by atoms with van der Waals surface area (Å²) in [5.41, 5.74) is -0.248. The number of amides is 1. The summed E-state index contributed by atoms with van der Waals surface area (Å²) < 4.78 is 0. The van der Waals surface area contributed by atoms with Crippen LogP contribution in [0.2, 0.25) is 0 Å². The summed E-state index contributed by atoms with van der Waals surface area (Å²) in [7, 11) is 0. The second-order valence-electron chi connectivity index (χ2n) is 6.14. The molecule has 1 unspecified atom stereocenters. The summed E-state index contributed by atoms with van der Waals surface area (Å²) in [6.45, 7) is 3.12. The van der Waals surface area contributed by atoms with E-state index in [9.17, 15) is 4.79 Å². The van der Waals surface area contributed by atoms with E-state index in [0.29, 0.717) is 6.04 Å². The van der Waals surface area contributed by atoms with E-state index in [0.717, 1.165) is 37.6 Å². The lowest BCUT2D eigenvalue weighted by Gasteiger charge is -2.30. The minimum Gasteiger partial charge on any atom is -0.351 e. The van der Waals surface area contributed by atoms with E-state index < -0.39 is 0 Å². The molecule has 3 heteroatoms. The van der Waals surface area contributed by atoms with Crippen molar-refractivity contribution < 1.29 is 4.79 Å². The quantitative estimate of drug-likeness (QED) is 0.764. The molecule has 2 saturated carbocycles. The second-order valence-corrected chi connectivity index (χ2v) is 6.14. The fraction of sp³-hybridized carbons (Fsp3) is 0.929. The SMILES string of the molecule is CCC1(C(=O)NC(C2CC2)C2CC2)CCCN1. The second kappa shape index (κ2) is 4.27. The topological polar surface area (TPSA) is 41.1 Å². The van der Waals surface area contributed by atoms with E-state index in [1.165, 1.54) is 25.7 Å². The number of nitrogens with one attached hydrogen (secondary N) is 2. The highest BCUT2D eigenvalue weighted by Crippen LogP contribution is 2.44. The molecule has 17 heavy (non-hydrogen) atoms. The van der Waals surface area contributed by atoms with Crippen molar-refractivity contribution in [2.24, 2.45) is 11.8 Å². The number of rotatable bonds is 5. The Hall–Kier alpha value is -0.570. The van der Waals surface area contributed by atoms with Crippen LogP contribution in [0, 0.1) is 11.8 Å². The highest BCUT2D eigenvalue weighted by Gasteiger charge is 2.46. The Balaban J connectivity index is 1.64. The Morgan fingerprint density at radius 2 is 2.00 bits per heavy atom. The molecule has 3 nitrogen and oxygen atoms in total. The summed E-state index contributed by atoms with van der Waals surface area (Å²) in [5.74, 6) is 1.87. The number of carbonyl (C=O) groups is 1. The average Bonchev–Trinajstić information content (AvgIpc) is 3.25. The van der Waals surface area contributed by atoms with Crippen molar-refractivity contribution in [1.82, 2.24) is 10.6 Å². The minimum atomic E-state index is -0.248. The summed E-state index contributed by atoms with van der Waals surface area (Å²) in [6, 6.07) is 0.494. The monoisotopic (exact) mass is 236 g/mol. The van der Waals surface area contributed by atoms with Crippen molar-refractivity contribution in [2.45, 2.75) is 63.5 Å². The zero-order chi connectivity index (χ0) is 11.9. The molecule has 96 valence electrons. The molecule has 0 radical (unpaired) electrons. The third kappa shape index (κ3) is 2.22. The molecule has 1 saturated heterocycles. The van der Waals surface area contributed by atoms with E-state index >= 15 is 0 Å². The highest BCUT2D eigenvalue weighted by molar-refractivity contribution is 5.87. The van der Waals surface area contributed by atoms with Gasteiger partial charge in [0.1, 0.15) is 0 Å². The van der Waals surface area contributed by atoms with Crippen molar-refractivity contribution >= 4 is 5.91 Å². The number of hydrogen-bond acceptors (Lipinski definition) is 2. The van der Waals surface area contributed by atoms with Crippen molar-refractivity contribution in [3.8, 4) is 0 Å². The zero-order valence-corrected chi connectivity index (χ0v) is 10.8. The molecule has 0 aromatic carbocycles. The van der Waals surface area contributed by atoms with Gasteiger partial charge in [-0.1, -0.05) is 6.92 Å². The van der Waals surface area contributed by atoms with Gasteiger partial charge in [0.15, 0.2) is 0 Å². The van der Waals surface area contributed by atoms with Crippen LogP contribution < -0.4 is 10.6 Å². The van der Waals surface area contributed by atoms with Crippen LogP contribution in [-0.4, -0.2) is 24.0 Å². The van der Waals surface area contributed by atoms with E-state index in [1.54, 1.807) is 0 Å². The highest BCUT2D eigenvalue weighted by atomic mass is 16.2. The molecule has 2 aliphatic carbocycles. The van der Waals surface area contributed by atoms with Gasteiger partial charge in [-0.05, 0) is 63.3 Å². The van der Waals surface area contributed by atoms with E-state index in [1.807, 2.05) is 0 Å². The zero-order valence-electron chi connectivity index (χ0n) is 10.8. The maximum absolute atomic E-state index is 12.5. The summed E-state index contributed by atoms with van der Waals surface area (Å²) in [5, 5.41) is 6.80. The lowest BCUT2D eigenvalue weighted by molar-refractivity contribution is -0.128.